The minimum absolute atomic E-state index is 1.04. The minimum Gasteiger partial charge on any atom is -0.295 e. The summed E-state index contributed by atoms with van der Waals surface area (Å²) >= 11 is 0. The van der Waals surface area contributed by atoms with Gasteiger partial charge in [0.15, 0.2) is 0 Å². The summed E-state index contributed by atoms with van der Waals surface area (Å²) in [6.45, 7) is 3.23. The van der Waals surface area contributed by atoms with Crippen molar-refractivity contribution in [1.29, 1.82) is 0 Å². The fraction of sp³-hybridized carbons (Fsp3) is 0.200. The first-order valence-electron chi connectivity index (χ1n) is 7.58. The molecule has 0 fully saturated rings. The molecule has 0 bridgehead atoms. The fourth-order valence-corrected chi connectivity index (χ4v) is 2.70. The van der Waals surface area contributed by atoms with E-state index >= 15 is 0 Å². The molecular formula is C20H21N. The topological polar surface area (TPSA) is 3.24 Å². The van der Waals surface area contributed by atoms with Crippen LogP contribution in [0.3, 0.4) is 0 Å². The van der Waals surface area contributed by atoms with Crippen LogP contribution < -0.4 is 0 Å². The second-order valence-electron chi connectivity index (χ2n) is 5.51. The van der Waals surface area contributed by atoms with E-state index in [9.17, 15) is 0 Å². The third-order valence-electron chi connectivity index (χ3n) is 3.80. The van der Waals surface area contributed by atoms with E-state index < -0.39 is 0 Å². The zero-order chi connectivity index (χ0) is 14.3. The predicted octanol–water partition coefficient (Wildman–Crippen LogP) is 4.53. The summed E-state index contributed by atoms with van der Waals surface area (Å²) in [7, 11) is 0. The van der Waals surface area contributed by atoms with Gasteiger partial charge in [-0.25, -0.2) is 0 Å². The van der Waals surface area contributed by atoms with Crippen LogP contribution in [0.15, 0.2) is 78.4 Å². The van der Waals surface area contributed by atoms with E-state index in [1.807, 2.05) is 0 Å². The first-order chi connectivity index (χ1) is 10.4. The molecular weight excluding hydrogens is 254 g/mol. The Hall–Kier alpha value is -2.12. The monoisotopic (exact) mass is 275 g/mol. The lowest BCUT2D eigenvalue weighted by Gasteiger charge is -2.26. The van der Waals surface area contributed by atoms with Crippen molar-refractivity contribution in [2.24, 2.45) is 0 Å². The van der Waals surface area contributed by atoms with E-state index in [0.717, 1.165) is 26.1 Å². The van der Waals surface area contributed by atoms with Crippen LogP contribution in [-0.4, -0.2) is 18.0 Å². The molecule has 0 aromatic heterocycles. The van der Waals surface area contributed by atoms with Gasteiger partial charge in [0.2, 0.25) is 0 Å². The van der Waals surface area contributed by atoms with Gasteiger partial charge in [-0.05, 0) is 23.1 Å². The minimum atomic E-state index is 1.04. The molecule has 0 saturated heterocycles. The first-order valence-corrected chi connectivity index (χ1v) is 7.58. The highest BCUT2D eigenvalue weighted by molar-refractivity contribution is 5.53. The van der Waals surface area contributed by atoms with Crippen molar-refractivity contribution in [3.63, 3.8) is 0 Å². The summed E-state index contributed by atoms with van der Waals surface area (Å²) in [6.07, 6.45) is 7.96. The molecule has 3 rings (SSSR count). The lowest BCUT2D eigenvalue weighted by atomic mass is 10.1. The number of hydrogen-bond acceptors (Lipinski definition) is 1. The molecule has 0 radical (unpaired) electrons. The standard InChI is InChI=1S/C20H21N/c1-3-8-18(9-4-1)13-14-20-12-7-15-21(17-20)16-19-10-5-2-6-11-19/h1-6,8-14H,7,15-17H2. The normalized spacial score (nSPS) is 16.1. The van der Waals surface area contributed by atoms with Crippen LogP contribution in [-0.2, 0) is 6.54 Å². The second kappa shape index (κ2) is 7.05. The van der Waals surface area contributed by atoms with Crippen LogP contribution >= 0.6 is 0 Å². The van der Waals surface area contributed by atoms with Crippen molar-refractivity contribution in [2.75, 3.05) is 13.1 Å². The van der Waals surface area contributed by atoms with E-state index in [-0.39, 0.29) is 0 Å². The van der Waals surface area contributed by atoms with Crippen molar-refractivity contribution in [2.45, 2.75) is 13.0 Å². The van der Waals surface area contributed by atoms with Gasteiger partial charge in [-0.15, -0.1) is 0 Å². The number of hydrogen-bond donors (Lipinski definition) is 0. The molecule has 1 aliphatic heterocycles. The molecule has 106 valence electrons. The lowest BCUT2D eigenvalue weighted by molar-refractivity contribution is 0.285. The van der Waals surface area contributed by atoms with E-state index in [2.05, 4.69) is 83.8 Å². The molecule has 0 atom stereocenters. The Bertz CT molecular complexity index is 611. The Balaban J connectivity index is 1.61. The smallest absolute Gasteiger partial charge is 0.0237 e. The van der Waals surface area contributed by atoms with Crippen LogP contribution in [0.4, 0.5) is 0 Å². The van der Waals surface area contributed by atoms with Crippen LogP contribution in [0, 0.1) is 0 Å². The molecule has 21 heavy (non-hydrogen) atoms. The lowest BCUT2D eigenvalue weighted by Crippen LogP contribution is -2.29. The highest BCUT2D eigenvalue weighted by Gasteiger charge is 2.11. The van der Waals surface area contributed by atoms with Gasteiger partial charge in [0.25, 0.3) is 0 Å². The quantitative estimate of drug-likeness (QED) is 0.792. The van der Waals surface area contributed by atoms with Crippen molar-refractivity contribution in [3.05, 3.63) is 89.5 Å². The van der Waals surface area contributed by atoms with Crippen molar-refractivity contribution < 1.29 is 0 Å². The maximum atomic E-state index is 2.51. The molecule has 0 unspecified atom stereocenters. The average molecular weight is 275 g/mol. The molecule has 0 saturated carbocycles. The van der Waals surface area contributed by atoms with E-state index in [1.54, 1.807) is 0 Å². The zero-order valence-corrected chi connectivity index (χ0v) is 12.3. The maximum absolute atomic E-state index is 2.51. The molecule has 0 N–H and O–H groups in total. The third kappa shape index (κ3) is 4.17. The molecule has 1 heteroatoms. The summed E-state index contributed by atoms with van der Waals surface area (Å²) in [5.41, 5.74) is 4.07. The Labute approximate surface area is 127 Å². The van der Waals surface area contributed by atoms with Gasteiger partial charge in [-0.3, -0.25) is 4.90 Å². The predicted molar refractivity (Wildman–Crippen MR) is 89.9 cm³/mol. The van der Waals surface area contributed by atoms with Crippen molar-refractivity contribution in [3.8, 4) is 0 Å². The van der Waals surface area contributed by atoms with E-state index in [4.69, 9.17) is 0 Å². The molecule has 1 aliphatic rings. The second-order valence-corrected chi connectivity index (χ2v) is 5.51. The van der Waals surface area contributed by atoms with Gasteiger partial charge in [0.1, 0.15) is 0 Å². The summed E-state index contributed by atoms with van der Waals surface area (Å²) in [4.78, 5) is 2.51. The number of rotatable bonds is 4. The highest BCUT2D eigenvalue weighted by atomic mass is 15.1. The fourth-order valence-electron chi connectivity index (χ4n) is 2.70. The van der Waals surface area contributed by atoms with Gasteiger partial charge in [0, 0.05) is 19.6 Å². The molecule has 0 spiro atoms. The first kappa shape index (κ1) is 13.8. The van der Waals surface area contributed by atoms with Crippen LogP contribution in [0.2, 0.25) is 0 Å². The Morgan fingerprint density at radius 3 is 2.33 bits per heavy atom. The summed E-state index contributed by atoms with van der Waals surface area (Å²) in [6, 6.07) is 21.2. The van der Waals surface area contributed by atoms with Gasteiger partial charge in [-0.1, -0.05) is 78.9 Å². The summed E-state index contributed by atoms with van der Waals surface area (Å²) in [5.74, 6) is 0. The van der Waals surface area contributed by atoms with Gasteiger partial charge < -0.3 is 0 Å². The Morgan fingerprint density at radius 1 is 0.857 bits per heavy atom. The molecule has 0 aliphatic carbocycles. The van der Waals surface area contributed by atoms with Crippen molar-refractivity contribution >= 4 is 6.08 Å². The Morgan fingerprint density at radius 2 is 1.57 bits per heavy atom. The SMILES string of the molecule is C(=Cc1ccccc1)C1=CCCN(Cc2ccccc2)C1. The molecule has 1 nitrogen and oxygen atoms in total. The largest absolute Gasteiger partial charge is 0.295 e. The van der Waals surface area contributed by atoms with Gasteiger partial charge in [-0.2, -0.15) is 0 Å². The average Bonchev–Trinajstić information content (AvgIpc) is 2.55. The highest BCUT2D eigenvalue weighted by Crippen LogP contribution is 2.15. The zero-order valence-electron chi connectivity index (χ0n) is 12.3. The van der Waals surface area contributed by atoms with Crippen LogP contribution in [0.1, 0.15) is 17.5 Å². The van der Waals surface area contributed by atoms with E-state index in [0.29, 0.717) is 0 Å². The summed E-state index contributed by atoms with van der Waals surface area (Å²) < 4.78 is 0. The summed E-state index contributed by atoms with van der Waals surface area (Å²) in [5, 5.41) is 0. The molecule has 1 heterocycles. The molecule has 2 aromatic carbocycles. The van der Waals surface area contributed by atoms with Gasteiger partial charge in [0.05, 0.1) is 0 Å². The van der Waals surface area contributed by atoms with Crippen LogP contribution in [0.25, 0.3) is 6.08 Å². The molecule has 2 aromatic rings. The Kier molecular flexibility index (Phi) is 4.65. The molecule has 0 amide bonds. The third-order valence-corrected chi connectivity index (χ3v) is 3.80. The maximum Gasteiger partial charge on any atom is 0.0237 e. The van der Waals surface area contributed by atoms with Crippen LogP contribution in [0.5, 0.6) is 0 Å². The van der Waals surface area contributed by atoms with E-state index in [1.165, 1.54) is 16.7 Å². The number of benzene rings is 2. The number of nitrogens with zero attached hydrogens (tertiary/aromatic N) is 1. The van der Waals surface area contributed by atoms with Gasteiger partial charge >= 0.3 is 0 Å². The van der Waals surface area contributed by atoms with Crippen molar-refractivity contribution in [1.82, 2.24) is 4.90 Å².